The lowest BCUT2D eigenvalue weighted by atomic mass is 9.99. The second kappa shape index (κ2) is 6.75. The number of anilines is 1. The van der Waals surface area contributed by atoms with Crippen LogP contribution in [0.15, 0.2) is 47.3 Å². The molecule has 27 heavy (non-hydrogen) atoms. The molecule has 3 aromatic rings. The van der Waals surface area contributed by atoms with Crippen molar-refractivity contribution < 1.29 is 27.1 Å². The summed E-state index contributed by atoms with van der Waals surface area (Å²) in [4.78, 5) is 26.2. The fourth-order valence-electron chi connectivity index (χ4n) is 2.65. The molecule has 5 nitrogen and oxygen atoms in total. The maximum absolute atomic E-state index is 13.7. The van der Waals surface area contributed by atoms with E-state index in [2.05, 4.69) is 4.98 Å². The van der Waals surface area contributed by atoms with Crippen molar-refractivity contribution >= 4 is 22.5 Å². The summed E-state index contributed by atoms with van der Waals surface area (Å²) in [7, 11) is 1.39. The number of halogens is 4. The lowest BCUT2D eigenvalue weighted by molar-refractivity contribution is -0.167. The van der Waals surface area contributed by atoms with E-state index in [9.17, 15) is 27.2 Å². The van der Waals surface area contributed by atoms with E-state index in [4.69, 9.17) is 4.74 Å². The largest absolute Gasteiger partial charge is 0.497 e. The number of rotatable bonds is 3. The Morgan fingerprint density at radius 2 is 1.89 bits per heavy atom. The first-order valence-electron chi connectivity index (χ1n) is 7.59. The average Bonchev–Trinajstić information content (AvgIpc) is 2.61. The van der Waals surface area contributed by atoms with Crippen molar-refractivity contribution in [1.29, 1.82) is 0 Å². The lowest BCUT2D eigenvalue weighted by Crippen LogP contribution is -2.32. The van der Waals surface area contributed by atoms with Gasteiger partial charge in [-0.1, -0.05) is 12.1 Å². The molecular formula is C18H12F4N2O3. The number of methoxy groups -OCH3 is 1. The zero-order valence-corrected chi connectivity index (χ0v) is 13.8. The highest BCUT2D eigenvalue weighted by atomic mass is 19.4. The Kier molecular flexibility index (Phi) is 4.61. The van der Waals surface area contributed by atoms with Gasteiger partial charge in [-0.05, 0) is 35.9 Å². The predicted octanol–water partition coefficient (Wildman–Crippen LogP) is 3.84. The van der Waals surface area contributed by atoms with Crippen molar-refractivity contribution in [1.82, 2.24) is 4.98 Å². The number of benzene rings is 2. The van der Waals surface area contributed by atoms with Crippen molar-refractivity contribution in [2.75, 3.05) is 12.4 Å². The van der Waals surface area contributed by atoms with Gasteiger partial charge < -0.3 is 15.0 Å². The standard InChI is InChI=1S/C18H12F4N2O3/c1-27-11-5-6-13-12(8-11)14(9-3-2-4-10(19)7-9)15(16(25)23-13)24-17(26)18(20,21)22/h2-8H,1H3,(H,23,25)(H,24,26). The number of nitrogens with one attached hydrogen (secondary N) is 2. The van der Waals surface area contributed by atoms with Gasteiger partial charge in [0.1, 0.15) is 17.3 Å². The third kappa shape index (κ3) is 3.62. The number of carbonyl (C=O) groups excluding carboxylic acids is 1. The maximum atomic E-state index is 13.7. The summed E-state index contributed by atoms with van der Waals surface area (Å²) in [6, 6.07) is 9.46. The molecular weight excluding hydrogens is 368 g/mol. The molecule has 0 aliphatic carbocycles. The second-order valence-corrected chi connectivity index (χ2v) is 5.58. The van der Waals surface area contributed by atoms with Crippen LogP contribution in [0.5, 0.6) is 5.75 Å². The third-order valence-corrected chi connectivity index (χ3v) is 3.83. The molecule has 1 heterocycles. The van der Waals surface area contributed by atoms with Crippen molar-refractivity contribution in [2.24, 2.45) is 0 Å². The lowest BCUT2D eigenvalue weighted by Gasteiger charge is -2.15. The molecule has 0 aliphatic rings. The minimum atomic E-state index is -5.20. The Morgan fingerprint density at radius 1 is 1.15 bits per heavy atom. The minimum absolute atomic E-state index is 0.0512. The Hall–Kier alpha value is -3.36. The summed E-state index contributed by atoms with van der Waals surface area (Å²) in [5, 5.41) is 1.87. The molecule has 0 unspecified atom stereocenters. The fraction of sp³-hybridized carbons (Fsp3) is 0.111. The van der Waals surface area contributed by atoms with Gasteiger partial charge >= 0.3 is 12.1 Å². The highest BCUT2D eigenvalue weighted by Crippen LogP contribution is 2.35. The summed E-state index contributed by atoms with van der Waals surface area (Å²) in [5.74, 6) is -2.61. The van der Waals surface area contributed by atoms with Crippen LogP contribution in [0.2, 0.25) is 0 Å². The molecule has 1 amide bonds. The zero-order chi connectivity index (χ0) is 19.8. The monoisotopic (exact) mass is 380 g/mol. The Balaban J connectivity index is 2.36. The molecule has 0 atom stereocenters. The van der Waals surface area contributed by atoms with E-state index in [0.717, 1.165) is 12.1 Å². The van der Waals surface area contributed by atoms with Gasteiger partial charge in [-0.3, -0.25) is 9.59 Å². The van der Waals surface area contributed by atoms with E-state index in [1.807, 2.05) is 0 Å². The van der Waals surface area contributed by atoms with Crippen molar-refractivity contribution in [3.63, 3.8) is 0 Å². The van der Waals surface area contributed by atoms with Crippen molar-refractivity contribution in [3.05, 3.63) is 58.6 Å². The van der Waals surface area contributed by atoms with Crippen LogP contribution in [-0.4, -0.2) is 24.2 Å². The number of carbonyl (C=O) groups is 1. The first kappa shape index (κ1) is 18.4. The first-order valence-corrected chi connectivity index (χ1v) is 7.59. The summed E-state index contributed by atoms with van der Waals surface area (Å²) >= 11 is 0. The van der Waals surface area contributed by atoms with E-state index >= 15 is 0 Å². The normalized spacial score (nSPS) is 11.4. The number of fused-ring (bicyclic) bond motifs is 1. The number of hydrogen-bond acceptors (Lipinski definition) is 3. The van der Waals surface area contributed by atoms with Crippen LogP contribution < -0.4 is 15.6 Å². The molecule has 2 N–H and O–H groups in total. The van der Waals surface area contributed by atoms with Gasteiger partial charge in [0, 0.05) is 16.5 Å². The van der Waals surface area contributed by atoms with Crippen LogP contribution in [0.1, 0.15) is 0 Å². The minimum Gasteiger partial charge on any atom is -0.497 e. The van der Waals surface area contributed by atoms with Crippen LogP contribution in [0, 0.1) is 5.82 Å². The molecule has 140 valence electrons. The van der Waals surface area contributed by atoms with Crippen LogP contribution in [-0.2, 0) is 4.79 Å². The summed E-state index contributed by atoms with van der Waals surface area (Å²) in [6.07, 6.45) is -5.20. The molecule has 1 aromatic heterocycles. The van der Waals surface area contributed by atoms with E-state index in [1.54, 1.807) is 11.4 Å². The summed E-state index contributed by atoms with van der Waals surface area (Å²) in [5.41, 5.74) is -1.24. The average molecular weight is 380 g/mol. The molecule has 0 radical (unpaired) electrons. The molecule has 0 spiro atoms. The van der Waals surface area contributed by atoms with Crippen LogP contribution in [0.3, 0.4) is 0 Å². The number of H-pyrrole nitrogens is 1. The van der Waals surface area contributed by atoms with Gasteiger partial charge in [0.2, 0.25) is 0 Å². The van der Waals surface area contributed by atoms with Crippen molar-refractivity contribution in [3.8, 4) is 16.9 Å². The van der Waals surface area contributed by atoms with Gasteiger partial charge in [-0.2, -0.15) is 13.2 Å². The molecule has 2 aromatic carbocycles. The number of aromatic amines is 1. The topological polar surface area (TPSA) is 71.2 Å². The molecule has 0 aliphatic heterocycles. The molecule has 0 bridgehead atoms. The smallest absolute Gasteiger partial charge is 0.471 e. The number of amides is 1. The van der Waals surface area contributed by atoms with Gasteiger partial charge in [0.15, 0.2) is 0 Å². The van der Waals surface area contributed by atoms with Gasteiger partial charge in [-0.25, -0.2) is 4.39 Å². The maximum Gasteiger partial charge on any atom is 0.471 e. The highest BCUT2D eigenvalue weighted by molar-refractivity contribution is 6.06. The zero-order valence-electron chi connectivity index (χ0n) is 13.8. The van der Waals surface area contributed by atoms with Gasteiger partial charge in [-0.15, -0.1) is 0 Å². The number of alkyl halides is 3. The Morgan fingerprint density at radius 3 is 2.52 bits per heavy atom. The highest BCUT2D eigenvalue weighted by Gasteiger charge is 2.39. The van der Waals surface area contributed by atoms with Crippen LogP contribution >= 0.6 is 0 Å². The molecule has 3 rings (SSSR count). The number of ether oxygens (including phenoxy) is 1. The SMILES string of the molecule is COc1ccc2[nH]c(=O)c(NC(=O)C(F)(F)F)c(-c3cccc(F)c3)c2c1. The molecule has 0 fully saturated rings. The molecule has 0 saturated heterocycles. The molecule has 0 saturated carbocycles. The second-order valence-electron chi connectivity index (χ2n) is 5.58. The van der Waals surface area contributed by atoms with Crippen molar-refractivity contribution in [2.45, 2.75) is 6.18 Å². The third-order valence-electron chi connectivity index (χ3n) is 3.83. The quantitative estimate of drug-likeness (QED) is 0.678. The summed E-state index contributed by atoms with van der Waals surface area (Å²) < 4.78 is 56.9. The summed E-state index contributed by atoms with van der Waals surface area (Å²) in [6.45, 7) is 0. The Bertz CT molecular complexity index is 1090. The number of pyridine rings is 1. The van der Waals surface area contributed by atoms with Crippen LogP contribution in [0.25, 0.3) is 22.0 Å². The van der Waals surface area contributed by atoms with E-state index in [-0.39, 0.29) is 22.0 Å². The Labute approximate surface area is 149 Å². The molecule has 9 heteroatoms. The van der Waals surface area contributed by atoms with Gasteiger partial charge in [0.05, 0.1) is 7.11 Å². The predicted molar refractivity (Wildman–Crippen MR) is 91.2 cm³/mol. The van der Waals surface area contributed by atoms with Gasteiger partial charge in [0.25, 0.3) is 5.56 Å². The number of aromatic nitrogens is 1. The number of hydrogen-bond donors (Lipinski definition) is 2. The van der Waals surface area contributed by atoms with Crippen LogP contribution in [0.4, 0.5) is 23.2 Å². The van der Waals surface area contributed by atoms with E-state index in [1.165, 1.54) is 31.4 Å². The fourth-order valence-corrected chi connectivity index (χ4v) is 2.65. The van der Waals surface area contributed by atoms with E-state index < -0.39 is 29.1 Å². The first-order chi connectivity index (χ1) is 12.7. The van der Waals surface area contributed by atoms with E-state index in [0.29, 0.717) is 5.75 Å².